The molecule has 0 spiro atoms. The lowest BCUT2D eigenvalue weighted by Crippen LogP contribution is -2.36. The first kappa shape index (κ1) is 10.5. The predicted molar refractivity (Wildman–Crippen MR) is 51.6 cm³/mol. The van der Waals surface area contributed by atoms with Crippen molar-refractivity contribution in [3.05, 3.63) is 0 Å². The Bertz CT molecular complexity index is 201. The average molecular weight is 185 g/mol. The van der Waals surface area contributed by atoms with E-state index in [9.17, 15) is 4.79 Å². The Morgan fingerprint density at radius 1 is 1.62 bits per heavy atom. The zero-order valence-corrected chi connectivity index (χ0v) is 8.63. The summed E-state index contributed by atoms with van der Waals surface area (Å²) in [7, 11) is 0. The van der Waals surface area contributed by atoms with E-state index >= 15 is 0 Å². The molecular weight excluding hydrogens is 166 g/mol. The lowest BCUT2D eigenvalue weighted by Gasteiger charge is -2.19. The molecular formula is C10H19NO2. The topological polar surface area (TPSA) is 49.3 Å². The number of rotatable bonds is 5. The molecule has 76 valence electrons. The van der Waals surface area contributed by atoms with E-state index in [1.54, 1.807) is 13.8 Å². The Labute approximate surface area is 79.5 Å². The molecule has 0 aromatic carbocycles. The standard InChI is InChI=1S/C10H19NO2/c1-7-4-8(7)5-11-6-10(2,3)9(12)13/h7-8,11H,4-6H2,1-3H3,(H,12,13). The van der Waals surface area contributed by atoms with E-state index in [2.05, 4.69) is 12.2 Å². The largest absolute Gasteiger partial charge is 0.481 e. The number of carboxylic acid groups (broad SMARTS) is 1. The van der Waals surface area contributed by atoms with Gasteiger partial charge in [0, 0.05) is 6.54 Å². The smallest absolute Gasteiger partial charge is 0.310 e. The molecule has 1 aliphatic rings. The van der Waals surface area contributed by atoms with Gasteiger partial charge in [-0.3, -0.25) is 4.79 Å². The molecule has 3 nitrogen and oxygen atoms in total. The van der Waals surface area contributed by atoms with E-state index in [1.165, 1.54) is 6.42 Å². The van der Waals surface area contributed by atoms with E-state index in [1.807, 2.05) is 0 Å². The van der Waals surface area contributed by atoms with Crippen LogP contribution in [0.4, 0.5) is 0 Å². The summed E-state index contributed by atoms with van der Waals surface area (Å²) >= 11 is 0. The second-order valence-electron chi connectivity index (χ2n) is 4.79. The van der Waals surface area contributed by atoms with E-state index in [0.717, 1.165) is 18.4 Å². The van der Waals surface area contributed by atoms with Gasteiger partial charge in [0.05, 0.1) is 5.41 Å². The molecule has 2 atom stereocenters. The van der Waals surface area contributed by atoms with Crippen LogP contribution in [0.5, 0.6) is 0 Å². The number of hydrogen-bond donors (Lipinski definition) is 2. The zero-order chi connectivity index (χ0) is 10.1. The number of aliphatic carboxylic acids is 1. The van der Waals surface area contributed by atoms with Gasteiger partial charge in [0.2, 0.25) is 0 Å². The highest BCUT2D eigenvalue weighted by Crippen LogP contribution is 2.36. The van der Waals surface area contributed by atoms with Crippen LogP contribution in [-0.2, 0) is 4.79 Å². The molecule has 13 heavy (non-hydrogen) atoms. The van der Waals surface area contributed by atoms with Gasteiger partial charge in [-0.1, -0.05) is 6.92 Å². The summed E-state index contributed by atoms with van der Waals surface area (Å²) in [6, 6.07) is 0. The Morgan fingerprint density at radius 2 is 2.15 bits per heavy atom. The monoisotopic (exact) mass is 185 g/mol. The van der Waals surface area contributed by atoms with Crippen molar-refractivity contribution in [3.63, 3.8) is 0 Å². The van der Waals surface area contributed by atoms with Gasteiger partial charge in [-0.15, -0.1) is 0 Å². The maximum absolute atomic E-state index is 10.7. The van der Waals surface area contributed by atoms with Crippen molar-refractivity contribution < 1.29 is 9.90 Å². The lowest BCUT2D eigenvalue weighted by atomic mass is 9.94. The highest BCUT2D eigenvalue weighted by atomic mass is 16.4. The van der Waals surface area contributed by atoms with Crippen LogP contribution in [0.25, 0.3) is 0 Å². The van der Waals surface area contributed by atoms with Crippen LogP contribution in [0.1, 0.15) is 27.2 Å². The van der Waals surface area contributed by atoms with Crippen LogP contribution in [0, 0.1) is 17.3 Å². The Balaban J connectivity index is 2.14. The normalized spacial score (nSPS) is 27.3. The van der Waals surface area contributed by atoms with E-state index in [-0.39, 0.29) is 0 Å². The van der Waals surface area contributed by atoms with Crippen LogP contribution >= 0.6 is 0 Å². The summed E-state index contributed by atoms with van der Waals surface area (Å²) < 4.78 is 0. The van der Waals surface area contributed by atoms with Crippen molar-refractivity contribution in [2.24, 2.45) is 17.3 Å². The van der Waals surface area contributed by atoms with Gasteiger partial charge in [-0.05, 0) is 38.6 Å². The number of hydrogen-bond acceptors (Lipinski definition) is 2. The van der Waals surface area contributed by atoms with Crippen LogP contribution in [-0.4, -0.2) is 24.2 Å². The first-order chi connectivity index (χ1) is 5.93. The average Bonchev–Trinajstić information content (AvgIpc) is 2.66. The molecule has 1 aliphatic carbocycles. The third-order valence-electron chi connectivity index (χ3n) is 2.83. The van der Waals surface area contributed by atoms with Crippen molar-refractivity contribution >= 4 is 5.97 Å². The molecule has 3 heteroatoms. The van der Waals surface area contributed by atoms with Gasteiger partial charge in [0.1, 0.15) is 0 Å². The number of nitrogens with one attached hydrogen (secondary N) is 1. The molecule has 1 saturated carbocycles. The van der Waals surface area contributed by atoms with Gasteiger partial charge >= 0.3 is 5.97 Å². The molecule has 1 fully saturated rings. The van der Waals surface area contributed by atoms with Gasteiger partial charge in [0.25, 0.3) is 0 Å². The van der Waals surface area contributed by atoms with Crippen LogP contribution < -0.4 is 5.32 Å². The fourth-order valence-electron chi connectivity index (χ4n) is 1.33. The molecule has 0 bridgehead atoms. The summed E-state index contributed by atoms with van der Waals surface area (Å²) in [5, 5.41) is 12.1. The second-order valence-corrected chi connectivity index (χ2v) is 4.79. The summed E-state index contributed by atoms with van der Waals surface area (Å²) in [5.41, 5.74) is -0.641. The summed E-state index contributed by atoms with van der Waals surface area (Å²) in [5.74, 6) is 0.883. The molecule has 0 heterocycles. The highest BCUT2D eigenvalue weighted by Gasteiger charge is 2.33. The lowest BCUT2D eigenvalue weighted by molar-refractivity contribution is -0.146. The second kappa shape index (κ2) is 3.66. The summed E-state index contributed by atoms with van der Waals surface area (Å²) in [4.78, 5) is 10.7. The molecule has 0 aromatic rings. The van der Waals surface area contributed by atoms with Gasteiger partial charge < -0.3 is 10.4 Å². The van der Waals surface area contributed by atoms with E-state index < -0.39 is 11.4 Å². The minimum Gasteiger partial charge on any atom is -0.481 e. The first-order valence-electron chi connectivity index (χ1n) is 4.87. The van der Waals surface area contributed by atoms with Crippen molar-refractivity contribution in [1.29, 1.82) is 0 Å². The van der Waals surface area contributed by atoms with Crippen LogP contribution in [0.15, 0.2) is 0 Å². The van der Waals surface area contributed by atoms with Crippen molar-refractivity contribution in [1.82, 2.24) is 5.32 Å². The maximum atomic E-state index is 10.7. The van der Waals surface area contributed by atoms with Crippen LogP contribution in [0.3, 0.4) is 0 Å². The molecule has 2 N–H and O–H groups in total. The molecule has 0 aliphatic heterocycles. The fourth-order valence-corrected chi connectivity index (χ4v) is 1.33. The van der Waals surface area contributed by atoms with Gasteiger partial charge in [-0.25, -0.2) is 0 Å². The SMILES string of the molecule is CC1CC1CNCC(C)(C)C(=O)O. The molecule has 2 unspecified atom stereocenters. The molecule has 1 rings (SSSR count). The molecule has 0 amide bonds. The zero-order valence-electron chi connectivity index (χ0n) is 8.63. The Kier molecular flexibility index (Phi) is 2.96. The predicted octanol–water partition coefficient (Wildman–Crippen LogP) is 1.34. The molecule has 0 saturated heterocycles. The van der Waals surface area contributed by atoms with E-state index in [4.69, 9.17) is 5.11 Å². The Hall–Kier alpha value is -0.570. The highest BCUT2D eigenvalue weighted by molar-refractivity contribution is 5.73. The van der Waals surface area contributed by atoms with E-state index in [0.29, 0.717) is 6.54 Å². The maximum Gasteiger partial charge on any atom is 0.310 e. The number of carbonyl (C=O) groups is 1. The molecule has 0 radical (unpaired) electrons. The van der Waals surface area contributed by atoms with Crippen molar-refractivity contribution in [3.8, 4) is 0 Å². The quantitative estimate of drug-likeness (QED) is 0.679. The summed E-state index contributed by atoms with van der Waals surface area (Å²) in [6.07, 6.45) is 1.29. The van der Waals surface area contributed by atoms with Crippen molar-refractivity contribution in [2.45, 2.75) is 27.2 Å². The minimum atomic E-state index is -0.733. The van der Waals surface area contributed by atoms with Gasteiger partial charge in [0.15, 0.2) is 0 Å². The van der Waals surface area contributed by atoms with Crippen molar-refractivity contribution in [2.75, 3.05) is 13.1 Å². The first-order valence-corrected chi connectivity index (χ1v) is 4.87. The molecule has 0 aromatic heterocycles. The summed E-state index contributed by atoms with van der Waals surface area (Å²) in [6.45, 7) is 7.26. The minimum absolute atomic E-state index is 0.561. The van der Waals surface area contributed by atoms with Crippen LogP contribution in [0.2, 0.25) is 0 Å². The Morgan fingerprint density at radius 3 is 2.54 bits per heavy atom. The fraction of sp³-hybridized carbons (Fsp3) is 0.900. The third kappa shape index (κ3) is 2.99. The third-order valence-corrected chi connectivity index (χ3v) is 2.83. The van der Waals surface area contributed by atoms with Gasteiger partial charge in [-0.2, -0.15) is 0 Å². The number of carboxylic acids is 1.